The lowest BCUT2D eigenvalue weighted by molar-refractivity contribution is -0.160. The lowest BCUT2D eigenvalue weighted by Crippen LogP contribution is -2.54. The average Bonchev–Trinajstić information content (AvgIpc) is 2.94. The van der Waals surface area contributed by atoms with Crippen LogP contribution < -0.4 is 0 Å². The van der Waals surface area contributed by atoms with Gasteiger partial charge in [0.1, 0.15) is 23.3 Å². The van der Waals surface area contributed by atoms with Gasteiger partial charge in [0.05, 0.1) is 18.8 Å². The van der Waals surface area contributed by atoms with Crippen LogP contribution in [0, 0.1) is 5.92 Å². The predicted octanol–water partition coefficient (Wildman–Crippen LogP) is 3.16. The lowest BCUT2D eigenvalue weighted by atomic mass is 9.95. The normalized spacial score (nSPS) is 22.9. The molecule has 1 unspecified atom stereocenters. The first-order chi connectivity index (χ1) is 14.0. The van der Waals surface area contributed by atoms with Crippen molar-refractivity contribution >= 4 is 22.2 Å². The van der Waals surface area contributed by atoms with E-state index in [1.54, 1.807) is 41.5 Å². The monoisotopic (exact) mass is 460 g/mol. The molecule has 0 aromatic rings. The molecule has 1 heterocycles. The van der Waals surface area contributed by atoms with Crippen LogP contribution in [0.1, 0.15) is 48.0 Å². The first kappa shape index (κ1) is 26.7. The number of amides is 1. The Kier molecular flexibility index (Phi) is 8.52. The van der Waals surface area contributed by atoms with Crippen LogP contribution in [0.15, 0.2) is 17.8 Å². The summed E-state index contributed by atoms with van der Waals surface area (Å²) in [5.74, 6) is -1.22. The molecule has 1 aliphatic heterocycles. The van der Waals surface area contributed by atoms with Gasteiger partial charge >= 0.3 is 12.1 Å². The minimum atomic E-state index is -3.99. The van der Waals surface area contributed by atoms with Crippen LogP contribution in [-0.4, -0.2) is 67.6 Å². The molecule has 0 N–H and O–H groups in total. The van der Waals surface area contributed by atoms with Gasteiger partial charge in [0.15, 0.2) is 0 Å². The third-order valence-electron chi connectivity index (χ3n) is 4.18. The molecule has 11 nitrogen and oxygen atoms in total. The van der Waals surface area contributed by atoms with Crippen molar-refractivity contribution in [2.45, 2.75) is 77.4 Å². The summed E-state index contributed by atoms with van der Waals surface area (Å²) in [6, 6.07) is -2.07. The molecule has 31 heavy (non-hydrogen) atoms. The van der Waals surface area contributed by atoms with E-state index in [0.717, 1.165) is 11.2 Å². The number of hydrogen-bond acceptors (Lipinski definition) is 8. The van der Waals surface area contributed by atoms with Crippen molar-refractivity contribution in [2.24, 2.45) is 11.0 Å². The van der Waals surface area contributed by atoms with E-state index in [0.29, 0.717) is 0 Å². The van der Waals surface area contributed by atoms with Crippen molar-refractivity contribution in [1.29, 1.82) is 0 Å². The molecule has 0 radical (unpaired) electrons. The zero-order valence-corrected chi connectivity index (χ0v) is 19.9. The summed E-state index contributed by atoms with van der Waals surface area (Å²) in [6.07, 6.45) is 0.357. The molecule has 1 fully saturated rings. The van der Waals surface area contributed by atoms with Crippen LogP contribution in [0.25, 0.3) is 10.4 Å². The number of carbonyl (C=O) groups excluding carboxylic acids is 2. The van der Waals surface area contributed by atoms with E-state index < -0.39 is 57.5 Å². The fourth-order valence-corrected chi connectivity index (χ4v) is 3.92. The summed E-state index contributed by atoms with van der Waals surface area (Å²) in [5.41, 5.74) is 7.03. The Morgan fingerprint density at radius 3 is 2.19 bits per heavy atom. The number of hydrogen-bond donors (Lipinski definition) is 0. The molecule has 1 saturated heterocycles. The van der Waals surface area contributed by atoms with Gasteiger partial charge in [-0.2, -0.15) is 8.42 Å². The maximum Gasteiger partial charge on any atom is 0.411 e. The molecule has 0 bridgehead atoms. The average molecular weight is 461 g/mol. The highest BCUT2D eigenvalue weighted by Crippen LogP contribution is 2.37. The van der Waals surface area contributed by atoms with Crippen LogP contribution in [0.3, 0.4) is 0 Å². The highest BCUT2D eigenvalue weighted by Gasteiger charge is 2.52. The summed E-state index contributed by atoms with van der Waals surface area (Å²) in [5, 5.41) is 3.43. The van der Waals surface area contributed by atoms with E-state index in [2.05, 4.69) is 16.6 Å². The summed E-state index contributed by atoms with van der Waals surface area (Å²) in [6.45, 7) is 13.4. The van der Waals surface area contributed by atoms with Gasteiger partial charge in [-0.15, -0.1) is 6.58 Å². The zero-order chi connectivity index (χ0) is 24.2. The Bertz CT molecular complexity index is 838. The fourth-order valence-electron chi connectivity index (χ4n) is 3.30. The molecule has 4 atom stereocenters. The van der Waals surface area contributed by atoms with Gasteiger partial charge in [-0.3, -0.25) is 9.08 Å². The minimum absolute atomic E-state index is 0.113. The number of rotatable bonds is 7. The quantitative estimate of drug-likeness (QED) is 0.141. The van der Waals surface area contributed by atoms with E-state index in [-0.39, 0.29) is 13.0 Å². The smallest absolute Gasteiger partial charge is 0.411 e. The van der Waals surface area contributed by atoms with E-state index in [4.69, 9.17) is 19.2 Å². The second-order valence-corrected chi connectivity index (χ2v) is 10.9. The third kappa shape index (κ3) is 8.39. The van der Waals surface area contributed by atoms with E-state index in [1.807, 2.05) is 0 Å². The van der Waals surface area contributed by atoms with Crippen LogP contribution in [-0.2, 0) is 28.6 Å². The standard InChI is InChI=1S/C19H32N4O7S/c1-9-12-10-13(16(24)28-18(2,3)4)23(17(25)29-19(5,6)7)15(12)14(11-21-22-20)30-31(8,26)27/h9,12-15H,1,10-11H2,2-8H3/t12-,13-,14?,15-/m1/s1. The Hall–Kier alpha value is -2.30. The van der Waals surface area contributed by atoms with Crippen LogP contribution in [0.2, 0.25) is 0 Å². The summed E-state index contributed by atoms with van der Waals surface area (Å²) >= 11 is 0. The van der Waals surface area contributed by atoms with Crippen molar-refractivity contribution in [2.75, 3.05) is 12.8 Å². The van der Waals surface area contributed by atoms with Crippen molar-refractivity contribution in [3.63, 3.8) is 0 Å². The van der Waals surface area contributed by atoms with Gasteiger partial charge < -0.3 is 9.47 Å². The maximum atomic E-state index is 13.1. The number of esters is 1. The summed E-state index contributed by atoms with van der Waals surface area (Å²) < 4.78 is 39.8. The minimum Gasteiger partial charge on any atom is -0.458 e. The molecule has 0 aromatic heterocycles. The molecular weight excluding hydrogens is 428 g/mol. The molecule has 12 heteroatoms. The Morgan fingerprint density at radius 1 is 1.23 bits per heavy atom. The van der Waals surface area contributed by atoms with Gasteiger partial charge in [0.25, 0.3) is 10.1 Å². The van der Waals surface area contributed by atoms with Gasteiger partial charge in [0, 0.05) is 10.8 Å². The van der Waals surface area contributed by atoms with E-state index >= 15 is 0 Å². The Labute approximate surface area is 183 Å². The molecule has 0 aliphatic carbocycles. The van der Waals surface area contributed by atoms with E-state index in [1.165, 1.54) is 6.08 Å². The molecule has 0 saturated carbocycles. The molecule has 1 aliphatic rings. The van der Waals surface area contributed by atoms with Crippen molar-refractivity contribution in [3.05, 3.63) is 23.1 Å². The SMILES string of the molecule is C=C[C@@H]1C[C@H](C(=O)OC(C)(C)C)N(C(=O)OC(C)(C)C)[C@H]1C(CN=[N+]=[N-])OS(C)(=O)=O. The molecule has 0 spiro atoms. The van der Waals surface area contributed by atoms with Crippen molar-refractivity contribution in [1.82, 2.24) is 4.90 Å². The molecule has 1 rings (SSSR count). The molecule has 176 valence electrons. The summed E-state index contributed by atoms with van der Waals surface area (Å²) in [4.78, 5) is 29.8. The summed E-state index contributed by atoms with van der Waals surface area (Å²) in [7, 11) is -3.99. The Morgan fingerprint density at radius 2 is 1.77 bits per heavy atom. The second-order valence-electron chi connectivity index (χ2n) is 9.31. The number of carbonyl (C=O) groups is 2. The second kappa shape index (κ2) is 9.88. The first-order valence-electron chi connectivity index (χ1n) is 9.75. The number of nitrogens with zero attached hydrogens (tertiary/aromatic N) is 4. The van der Waals surface area contributed by atoms with Gasteiger partial charge in [0.2, 0.25) is 0 Å². The highest BCUT2D eigenvalue weighted by molar-refractivity contribution is 7.86. The van der Waals surface area contributed by atoms with Gasteiger partial charge in [-0.05, 0) is 53.5 Å². The number of azide groups is 1. The largest absolute Gasteiger partial charge is 0.458 e. The number of ether oxygens (including phenoxy) is 2. The Balaban J connectivity index is 3.51. The molecule has 0 aromatic carbocycles. The number of likely N-dealkylation sites (tertiary alicyclic amines) is 1. The first-order valence-corrected chi connectivity index (χ1v) is 11.6. The van der Waals surface area contributed by atoms with Crippen LogP contribution in [0.5, 0.6) is 0 Å². The molecular formula is C19H32N4O7S. The molecule has 1 amide bonds. The zero-order valence-electron chi connectivity index (χ0n) is 19.1. The topological polar surface area (TPSA) is 148 Å². The lowest BCUT2D eigenvalue weighted by Gasteiger charge is -2.36. The van der Waals surface area contributed by atoms with Crippen molar-refractivity contribution < 1.29 is 31.7 Å². The maximum absolute atomic E-state index is 13.1. The van der Waals surface area contributed by atoms with Crippen molar-refractivity contribution in [3.8, 4) is 0 Å². The fraction of sp³-hybridized carbons (Fsp3) is 0.789. The highest BCUT2D eigenvalue weighted by atomic mass is 32.2. The van der Waals surface area contributed by atoms with Gasteiger partial charge in [-0.1, -0.05) is 11.2 Å². The van der Waals surface area contributed by atoms with E-state index in [9.17, 15) is 18.0 Å². The van der Waals surface area contributed by atoms with Crippen LogP contribution in [0.4, 0.5) is 4.79 Å². The van der Waals surface area contributed by atoms with Crippen LogP contribution >= 0.6 is 0 Å². The van der Waals surface area contributed by atoms with Gasteiger partial charge in [-0.25, -0.2) is 9.59 Å². The third-order valence-corrected chi connectivity index (χ3v) is 4.78. The predicted molar refractivity (Wildman–Crippen MR) is 114 cm³/mol.